The van der Waals surface area contributed by atoms with Crippen molar-refractivity contribution in [2.45, 2.75) is 13.0 Å². The summed E-state index contributed by atoms with van der Waals surface area (Å²) in [5, 5.41) is 4.01. The predicted molar refractivity (Wildman–Crippen MR) is 105 cm³/mol. The zero-order valence-electron chi connectivity index (χ0n) is 13.1. The van der Waals surface area contributed by atoms with Gasteiger partial charge < -0.3 is 5.32 Å². The molecular formula is C19H15BrClN3. The van der Waals surface area contributed by atoms with E-state index in [0.29, 0.717) is 11.6 Å². The fourth-order valence-electron chi connectivity index (χ4n) is 2.48. The molecule has 3 rings (SSSR count). The molecule has 0 aliphatic carbocycles. The Labute approximate surface area is 155 Å². The van der Waals surface area contributed by atoms with Gasteiger partial charge in [0.15, 0.2) is 0 Å². The third-order valence-corrected chi connectivity index (χ3v) is 4.45. The van der Waals surface area contributed by atoms with E-state index in [9.17, 15) is 0 Å². The second kappa shape index (κ2) is 7.21. The minimum Gasteiger partial charge on any atom is -0.342 e. The van der Waals surface area contributed by atoms with Gasteiger partial charge in [0, 0.05) is 26.3 Å². The molecule has 0 saturated heterocycles. The van der Waals surface area contributed by atoms with Crippen LogP contribution in [-0.4, -0.2) is 24.1 Å². The summed E-state index contributed by atoms with van der Waals surface area (Å²) >= 11 is 9.92. The van der Waals surface area contributed by atoms with E-state index in [0.717, 1.165) is 32.8 Å². The largest absolute Gasteiger partial charge is 0.342 e. The molecule has 0 amide bonds. The quantitative estimate of drug-likeness (QED) is 0.723. The highest BCUT2D eigenvalue weighted by molar-refractivity contribution is 9.10. The molecule has 1 atom stereocenters. The van der Waals surface area contributed by atoms with Crippen molar-refractivity contribution in [3.8, 4) is 12.3 Å². The Balaban J connectivity index is 2.16. The summed E-state index contributed by atoms with van der Waals surface area (Å²) in [4.78, 5) is 9.26. The van der Waals surface area contributed by atoms with E-state index in [1.807, 2.05) is 49.4 Å². The molecule has 2 aromatic rings. The number of hydrogen-bond donors (Lipinski definition) is 1. The number of terminal acetylenes is 1. The first kappa shape index (κ1) is 16.8. The van der Waals surface area contributed by atoms with E-state index in [1.165, 1.54) is 0 Å². The van der Waals surface area contributed by atoms with Crippen LogP contribution in [0.15, 0.2) is 56.9 Å². The first-order chi connectivity index (χ1) is 11.6. The molecule has 24 heavy (non-hydrogen) atoms. The highest BCUT2D eigenvalue weighted by atomic mass is 79.9. The first-order valence-corrected chi connectivity index (χ1v) is 8.64. The van der Waals surface area contributed by atoms with Gasteiger partial charge in [-0.1, -0.05) is 51.7 Å². The highest BCUT2D eigenvalue weighted by Crippen LogP contribution is 2.29. The molecule has 2 aromatic carbocycles. The van der Waals surface area contributed by atoms with Crippen molar-refractivity contribution in [3.05, 3.63) is 63.1 Å². The van der Waals surface area contributed by atoms with Crippen LogP contribution in [0.3, 0.4) is 0 Å². The number of fused-ring (bicyclic) bond motifs is 1. The number of anilines is 1. The molecule has 1 N–H and O–H groups in total. The standard InChI is InChI=1S/C19H15BrClN3/c1-3-12(2)23-18-11-22-19(14-6-4-5-7-16(14)21)15-10-13(20)8-9-17(15)24-18/h1,4-10,12H,11H2,2H3,(H,23,24). The van der Waals surface area contributed by atoms with Crippen LogP contribution in [0.1, 0.15) is 18.1 Å². The van der Waals surface area contributed by atoms with E-state index < -0.39 is 0 Å². The van der Waals surface area contributed by atoms with Crippen molar-refractivity contribution in [2.24, 2.45) is 9.98 Å². The molecule has 0 bridgehead atoms. The minimum atomic E-state index is -0.205. The fraction of sp³-hybridized carbons (Fsp3) is 0.158. The van der Waals surface area contributed by atoms with E-state index in [-0.39, 0.29) is 6.04 Å². The molecule has 0 spiro atoms. The summed E-state index contributed by atoms with van der Waals surface area (Å²) in [6.45, 7) is 2.29. The van der Waals surface area contributed by atoms with Gasteiger partial charge >= 0.3 is 0 Å². The second-order valence-corrected chi connectivity index (χ2v) is 6.70. The van der Waals surface area contributed by atoms with Crippen LogP contribution in [0.5, 0.6) is 0 Å². The number of benzodiazepines with no additional fused rings is 1. The van der Waals surface area contributed by atoms with E-state index in [1.54, 1.807) is 0 Å². The highest BCUT2D eigenvalue weighted by Gasteiger charge is 2.19. The van der Waals surface area contributed by atoms with Crippen LogP contribution in [0.25, 0.3) is 0 Å². The van der Waals surface area contributed by atoms with Crippen molar-refractivity contribution in [1.29, 1.82) is 0 Å². The molecular weight excluding hydrogens is 386 g/mol. The van der Waals surface area contributed by atoms with Gasteiger partial charge in [-0.05, 0) is 31.2 Å². The molecule has 1 unspecified atom stereocenters. The van der Waals surface area contributed by atoms with Crippen molar-refractivity contribution >= 4 is 44.8 Å². The van der Waals surface area contributed by atoms with Crippen molar-refractivity contribution in [3.63, 3.8) is 0 Å². The zero-order chi connectivity index (χ0) is 17.1. The predicted octanol–water partition coefficient (Wildman–Crippen LogP) is 4.79. The molecule has 120 valence electrons. The van der Waals surface area contributed by atoms with E-state index in [4.69, 9.17) is 23.0 Å². The molecule has 1 aliphatic heterocycles. The van der Waals surface area contributed by atoms with Gasteiger partial charge in [0.25, 0.3) is 0 Å². The van der Waals surface area contributed by atoms with Crippen LogP contribution < -0.4 is 5.32 Å². The average Bonchev–Trinajstić information content (AvgIpc) is 2.74. The monoisotopic (exact) mass is 399 g/mol. The maximum absolute atomic E-state index is 6.39. The van der Waals surface area contributed by atoms with Crippen molar-refractivity contribution in [1.82, 2.24) is 0 Å². The van der Waals surface area contributed by atoms with Gasteiger partial charge in [-0.3, -0.25) is 9.98 Å². The SMILES string of the molecule is C#CC(C)N=C1CN=C(c2ccccc2Cl)c2cc(Br)ccc2N1. The van der Waals surface area contributed by atoms with Gasteiger partial charge in [-0.25, -0.2) is 0 Å². The number of rotatable bonds is 2. The van der Waals surface area contributed by atoms with Crippen LogP contribution in [-0.2, 0) is 0 Å². The Morgan fingerprint density at radius 3 is 2.83 bits per heavy atom. The molecule has 1 aliphatic rings. The average molecular weight is 401 g/mol. The fourth-order valence-corrected chi connectivity index (χ4v) is 3.07. The number of halogens is 2. The Bertz CT molecular complexity index is 880. The maximum Gasteiger partial charge on any atom is 0.124 e. The number of benzene rings is 2. The number of hydrogen-bond acceptors (Lipinski definition) is 2. The molecule has 0 radical (unpaired) electrons. The summed E-state index contributed by atoms with van der Waals surface area (Å²) in [6.07, 6.45) is 5.44. The Hall–Kier alpha value is -2.09. The number of amidine groups is 1. The van der Waals surface area contributed by atoms with Gasteiger partial charge in [-0.15, -0.1) is 6.42 Å². The summed E-state index contributed by atoms with van der Waals surface area (Å²) in [7, 11) is 0. The first-order valence-electron chi connectivity index (χ1n) is 7.47. The van der Waals surface area contributed by atoms with Crippen molar-refractivity contribution in [2.75, 3.05) is 11.9 Å². The van der Waals surface area contributed by atoms with E-state index >= 15 is 0 Å². The van der Waals surface area contributed by atoms with Crippen LogP contribution in [0, 0.1) is 12.3 Å². The van der Waals surface area contributed by atoms with Gasteiger partial charge in [0.1, 0.15) is 11.9 Å². The lowest BCUT2D eigenvalue weighted by atomic mass is 10.0. The lowest BCUT2D eigenvalue weighted by Gasteiger charge is -2.12. The van der Waals surface area contributed by atoms with Gasteiger partial charge in [0.2, 0.25) is 0 Å². The Kier molecular flexibility index (Phi) is 5.03. The molecule has 0 saturated carbocycles. The lowest BCUT2D eigenvalue weighted by Crippen LogP contribution is -2.17. The van der Waals surface area contributed by atoms with E-state index in [2.05, 4.69) is 32.2 Å². The normalized spacial score (nSPS) is 16.4. The van der Waals surface area contributed by atoms with Crippen molar-refractivity contribution < 1.29 is 0 Å². The summed E-state index contributed by atoms with van der Waals surface area (Å²) in [5.41, 5.74) is 3.63. The lowest BCUT2D eigenvalue weighted by molar-refractivity contribution is 0.952. The smallest absolute Gasteiger partial charge is 0.124 e. The summed E-state index contributed by atoms with van der Waals surface area (Å²) in [5.74, 6) is 3.35. The molecule has 5 heteroatoms. The van der Waals surface area contributed by atoms with Crippen LogP contribution in [0.2, 0.25) is 5.02 Å². The zero-order valence-corrected chi connectivity index (χ0v) is 15.4. The minimum absolute atomic E-state index is 0.205. The molecule has 3 nitrogen and oxygen atoms in total. The topological polar surface area (TPSA) is 36.8 Å². The second-order valence-electron chi connectivity index (χ2n) is 5.38. The summed E-state index contributed by atoms with van der Waals surface area (Å²) < 4.78 is 0.972. The van der Waals surface area contributed by atoms with Gasteiger partial charge in [-0.2, -0.15) is 0 Å². The molecule has 0 aromatic heterocycles. The Morgan fingerprint density at radius 1 is 1.29 bits per heavy atom. The number of aliphatic imine (C=N–C) groups is 2. The molecule has 0 fully saturated rings. The third kappa shape index (κ3) is 3.53. The maximum atomic E-state index is 6.39. The van der Waals surface area contributed by atoms with Crippen LogP contribution in [0.4, 0.5) is 5.69 Å². The number of nitrogens with zero attached hydrogens (tertiary/aromatic N) is 2. The Morgan fingerprint density at radius 2 is 2.08 bits per heavy atom. The van der Waals surface area contributed by atoms with Gasteiger partial charge in [0.05, 0.1) is 12.3 Å². The summed E-state index contributed by atoms with van der Waals surface area (Å²) in [6, 6.07) is 13.5. The third-order valence-electron chi connectivity index (χ3n) is 3.62. The van der Waals surface area contributed by atoms with Crippen LogP contribution >= 0.6 is 27.5 Å². The molecule has 1 heterocycles. The number of nitrogens with one attached hydrogen (secondary N) is 1.